The first kappa shape index (κ1) is 16.8. The third-order valence-electron chi connectivity index (χ3n) is 3.42. The lowest BCUT2D eigenvalue weighted by Gasteiger charge is -2.22. The minimum Gasteiger partial charge on any atom is -0.347 e. The molecule has 1 fully saturated rings. The lowest BCUT2D eigenvalue weighted by molar-refractivity contribution is -0.174. The van der Waals surface area contributed by atoms with E-state index >= 15 is 0 Å². The Morgan fingerprint density at radius 2 is 2.00 bits per heavy atom. The Balaban J connectivity index is 2.20. The molecule has 1 aliphatic heterocycles. The van der Waals surface area contributed by atoms with E-state index in [0.29, 0.717) is 17.7 Å². The van der Waals surface area contributed by atoms with E-state index < -0.39 is 23.9 Å². The first-order valence-electron chi connectivity index (χ1n) is 6.88. The molecule has 0 saturated carbocycles. The molecule has 1 heterocycles. The molecule has 1 N–H and O–H groups in total. The van der Waals surface area contributed by atoms with Crippen molar-refractivity contribution in [1.82, 2.24) is 5.32 Å². The highest BCUT2D eigenvalue weighted by Crippen LogP contribution is 2.36. The van der Waals surface area contributed by atoms with E-state index in [2.05, 4.69) is 0 Å². The monoisotopic (exact) mass is 317 g/mol. The third-order valence-corrected chi connectivity index (χ3v) is 3.42. The molecule has 0 radical (unpaired) electrons. The molecule has 1 amide bonds. The Morgan fingerprint density at radius 1 is 1.36 bits per heavy atom. The van der Waals surface area contributed by atoms with E-state index in [4.69, 9.17) is 9.47 Å². The largest absolute Gasteiger partial charge is 0.471 e. The van der Waals surface area contributed by atoms with Gasteiger partial charge in [0.05, 0.1) is 12.6 Å². The normalized spacial score (nSPS) is 22.4. The van der Waals surface area contributed by atoms with Crippen molar-refractivity contribution >= 4 is 5.91 Å². The quantitative estimate of drug-likeness (QED) is 0.931. The summed E-state index contributed by atoms with van der Waals surface area (Å²) >= 11 is 0. The van der Waals surface area contributed by atoms with Gasteiger partial charge in [0.1, 0.15) is 6.10 Å². The molecule has 2 atom stereocenters. The summed E-state index contributed by atoms with van der Waals surface area (Å²) < 4.78 is 48.3. The number of amides is 1. The number of halogens is 3. The molecule has 0 spiro atoms. The van der Waals surface area contributed by atoms with Gasteiger partial charge in [0.2, 0.25) is 0 Å². The average Bonchev–Trinajstić information content (AvgIpc) is 2.78. The summed E-state index contributed by atoms with van der Waals surface area (Å²) in [6.07, 6.45) is -5.28. The van der Waals surface area contributed by atoms with Crippen LogP contribution in [0.25, 0.3) is 0 Å². The molecule has 4 nitrogen and oxygen atoms in total. The SMILES string of the molecule is C[C@H](NC(=O)C(F)(F)F)c1ccccc1[C@H]1COC(C)(C)O1. The fourth-order valence-corrected chi connectivity index (χ4v) is 2.39. The van der Waals surface area contributed by atoms with Gasteiger partial charge in [-0.25, -0.2) is 0 Å². The first-order chi connectivity index (χ1) is 10.1. The van der Waals surface area contributed by atoms with Crippen LogP contribution in [0.3, 0.4) is 0 Å². The molecule has 1 aliphatic rings. The van der Waals surface area contributed by atoms with Crippen LogP contribution in [0.5, 0.6) is 0 Å². The van der Waals surface area contributed by atoms with Gasteiger partial charge in [-0.3, -0.25) is 4.79 Å². The van der Waals surface area contributed by atoms with Crippen LogP contribution < -0.4 is 5.32 Å². The Morgan fingerprint density at radius 3 is 2.55 bits per heavy atom. The van der Waals surface area contributed by atoms with Gasteiger partial charge in [-0.1, -0.05) is 24.3 Å². The van der Waals surface area contributed by atoms with Crippen LogP contribution in [0.2, 0.25) is 0 Å². The summed E-state index contributed by atoms with van der Waals surface area (Å²) in [5.74, 6) is -2.70. The van der Waals surface area contributed by atoms with Crippen molar-refractivity contribution in [3.8, 4) is 0 Å². The maximum absolute atomic E-state index is 12.4. The molecule has 0 bridgehead atoms. The topological polar surface area (TPSA) is 47.6 Å². The Hall–Kier alpha value is -1.60. The van der Waals surface area contributed by atoms with E-state index in [0.717, 1.165) is 0 Å². The standard InChI is InChI=1S/C15H18F3NO3/c1-9(19-13(20)15(16,17)18)10-6-4-5-7-11(10)12-8-21-14(2,3)22-12/h4-7,9,12H,8H2,1-3H3,(H,19,20)/t9-,12+/m0/s1. The molecule has 7 heteroatoms. The number of ether oxygens (including phenoxy) is 2. The highest BCUT2D eigenvalue weighted by atomic mass is 19.4. The lowest BCUT2D eigenvalue weighted by atomic mass is 9.97. The molecule has 0 aliphatic carbocycles. The fourth-order valence-electron chi connectivity index (χ4n) is 2.39. The Bertz CT molecular complexity index is 557. The van der Waals surface area contributed by atoms with E-state index in [9.17, 15) is 18.0 Å². The summed E-state index contributed by atoms with van der Waals surface area (Å²) in [6.45, 7) is 5.35. The number of rotatable bonds is 3. The molecule has 22 heavy (non-hydrogen) atoms. The Labute approximate surface area is 126 Å². The zero-order valence-electron chi connectivity index (χ0n) is 12.5. The van der Waals surface area contributed by atoms with Gasteiger partial charge in [-0.15, -0.1) is 0 Å². The minimum atomic E-state index is -4.90. The van der Waals surface area contributed by atoms with Crippen LogP contribution >= 0.6 is 0 Å². The Kier molecular flexibility index (Phi) is 4.49. The van der Waals surface area contributed by atoms with E-state index in [1.807, 2.05) is 5.32 Å². The second-order valence-corrected chi connectivity index (χ2v) is 5.64. The van der Waals surface area contributed by atoms with Crippen molar-refractivity contribution in [3.63, 3.8) is 0 Å². The summed E-state index contributed by atoms with van der Waals surface area (Å²) in [4.78, 5) is 11.1. The summed E-state index contributed by atoms with van der Waals surface area (Å²) in [7, 11) is 0. The van der Waals surface area contributed by atoms with Crippen LogP contribution in [0.4, 0.5) is 13.2 Å². The minimum absolute atomic E-state index is 0.309. The summed E-state index contributed by atoms with van der Waals surface area (Å²) in [5, 5.41) is 1.96. The number of hydrogen-bond acceptors (Lipinski definition) is 3. The molecule has 0 unspecified atom stereocenters. The molecule has 1 saturated heterocycles. The van der Waals surface area contributed by atoms with Gasteiger partial charge in [0.25, 0.3) is 0 Å². The van der Waals surface area contributed by atoms with Crippen molar-refractivity contribution in [1.29, 1.82) is 0 Å². The van der Waals surface area contributed by atoms with E-state index in [1.54, 1.807) is 38.1 Å². The zero-order chi connectivity index (χ0) is 16.5. The van der Waals surface area contributed by atoms with Gasteiger partial charge >= 0.3 is 12.1 Å². The highest BCUT2D eigenvalue weighted by molar-refractivity contribution is 5.82. The molecule has 2 rings (SSSR count). The van der Waals surface area contributed by atoms with Crippen LogP contribution in [0.1, 0.15) is 44.0 Å². The van der Waals surface area contributed by atoms with Gasteiger partial charge in [-0.2, -0.15) is 13.2 Å². The highest BCUT2D eigenvalue weighted by Gasteiger charge is 2.40. The number of alkyl halides is 3. The van der Waals surface area contributed by atoms with Crippen molar-refractivity contribution < 1.29 is 27.4 Å². The van der Waals surface area contributed by atoms with E-state index in [-0.39, 0.29) is 6.10 Å². The second-order valence-electron chi connectivity index (χ2n) is 5.64. The zero-order valence-corrected chi connectivity index (χ0v) is 12.5. The maximum Gasteiger partial charge on any atom is 0.471 e. The van der Waals surface area contributed by atoms with Gasteiger partial charge in [0.15, 0.2) is 5.79 Å². The van der Waals surface area contributed by atoms with Crippen LogP contribution in [0, 0.1) is 0 Å². The number of carbonyl (C=O) groups is 1. The first-order valence-corrected chi connectivity index (χ1v) is 6.88. The second kappa shape index (κ2) is 5.89. The molecular formula is C15H18F3NO3. The van der Waals surface area contributed by atoms with Gasteiger partial charge in [-0.05, 0) is 31.9 Å². The maximum atomic E-state index is 12.4. The summed E-state index contributed by atoms with van der Waals surface area (Å²) in [6, 6.07) is 6.12. The lowest BCUT2D eigenvalue weighted by Crippen LogP contribution is -2.38. The van der Waals surface area contributed by atoms with Crippen molar-refractivity contribution in [3.05, 3.63) is 35.4 Å². The fraction of sp³-hybridized carbons (Fsp3) is 0.533. The number of nitrogens with one attached hydrogen (secondary N) is 1. The van der Waals surface area contributed by atoms with Crippen molar-refractivity contribution in [2.45, 2.75) is 44.9 Å². The molecule has 122 valence electrons. The predicted molar refractivity (Wildman–Crippen MR) is 72.9 cm³/mol. The number of benzene rings is 1. The average molecular weight is 317 g/mol. The summed E-state index contributed by atoms with van der Waals surface area (Å²) in [5.41, 5.74) is 1.29. The van der Waals surface area contributed by atoms with Crippen molar-refractivity contribution in [2.75, 3.05) is 6.61 Å². The predicted octanol–water partition coefficient (Wildman–Crippen LogP) is 3.25. The number of carbonyl (C=O) groups excluding carboxylic acids is 1. The van der Waals surface area contributed by atoms with Gasteiger partial charge in [0, 0.05) is 0 Å². The number of hydrogen-bond donors (Lipinski definition) is 1. The van der Waals surface area contributed by atoms with Crippen LogP contribution in [-0.2, 0) is 14.3 Å². The van der Waals surface area contributed by atoms with Crippen LogP contribution in [-0.4, -0.2) is 24.5 Å². The van der Waals surface area contributed by atoms with Crippen LogP contribution in [0.15, 0.2) is 24.3 Å². The van der Waals surface area contributed by atoms with E-state index in [1.165, 1.54) is 6.92 Å². The van der Waals surface area contributed by atoms with Gasteiger partial charge < -0.3 is 14.8 Å². The smallest absolute Gasteiger partial charge is 0.347 e. The molecule has 0 aromatic heterocycles. The van der Waals surface area contributed by atoms with Crippen molar-refractivity contribution in [2.24, 2.45) is 0 Å². The molecule has 1 aromatic rings. The third kappa shape index (κ3) is 3.78. The molecule has 1 aromatic carbocycles. The molecular weight excluding hydrogens is 299 g/mol.